The molecule has 128 valence electrons. The van der Waals surface area contributed by atoms with Crippen LogP contribution in [0.5, 0.6) is 5.75 Å². The van der Waals surface area contributed by atoms with Crippen molar-refractivity contribution in [3.05, 3.63) is 59.2 Å². The molecule has 0 aliphatic carbocycles. The molecule has 2 aromatic rings. The van der Waals surface area contributed by atoms with Gasteiger partial charge in [-0.2, -0.15) is 0 Å². The first kappa shape index (κ1) is 16.7. The van der Waals surface area contributed by atoms with Crippen molar-refractivity contribution in [1.29, 1.82) is 0 Å². The van der Waals surface area contributed by atoms with E-state index in [2.05, 4.69) is 5.32 Å². The molecule has 1 N–H and O–H groups in total. The number of Topliss-reactive ketones (excluding diaryl/α,β-unsaturated/α-hetero) is 1. The molecule has 0 aromatic heterocycles. The number of amides is 2. The predicted octanol–water partition coefficient (Wildman–Crippen LogP) is 2.28. The van der Waals surface area contributed by atoms with Crippen molar-refractivity contribution in [3.63, 3.8) is 0 Å². The van der Waals surface area contributed by atoms with E-state index in [1.807, 2.05) is 6.92 Å². The molecular weight excluding hydrogens is 320 g/mol. The van der Waals surface area contributed by atoms with Gasteiger partial charge in [0.05, 0.1) is 12.7 Å². The number of hydrogen-bond acceptors (Lipinski definition) is 4. The standard InChI is InChI=1S/C19H18N2O4/c1-11-10-12(25-3)8-9-15(11)20-18(23)16-17(22)13-6-4-5-7-14(13)19(24)21(16)2/h4-10,16H,1-3H3,(H,20,23). The monoisotopic (exact) mass is 338 g/mol. The van der Waals surface area contributed by atoms with Crippen LogP contribution in [0.1, 0.15) is 26.3 Å². The van der Waals surface area contributed by atoms with Crippen LogP contribution in [0.3, 0.4) is 0 Å². The molecule has 25 heavy (non-hydrogen) atoms. The number of aryl methyl sites for hydroxylation is 1. The van der Waals surface area contributed by atoms with Crippen LogP contribution in [0, 0.1) is 6.92 Å². The molecule has 1 heterocycles. The van der Waals surface area contributed by atoms with Crippen molar-refractivity contribution in [2.75, 3.05) is 19.5 Å². The summed E-state index contributed by atoms with van der Waals surface area (Å²) in [5.41, 5.74) is 1.96. The van der Waals surface area contributed by atoms with Gasteiger partial charge in [-0.3, -0.25) is 14.4 Å². The van der Waals surface area contributed by atoms with Gasteiger partial charge in [0.25, 0.3) is 11.8 Å². The second kappa shape index (κ2) is 6.39. The predicted molar refractivity (Wildman–Crippen MR) is 93.0 cm³/mol. The molecule has 1 aliphatic heterocycles. The van der Waals surface area contributed by atoms with Crippen molar-refractivity contribution < 1.29 is 19.1 Å². The van der Waals surface area contributed by atoms with Crippen LogP contribution in [0.15, 0.2) is 42.5 Å². The molecule has 1 atom stereocenters. The summed E-state index contributed by atoms with van der Waals surface area (Å²) >= 11 is 0. The van der Waals surface area contributed by atoms with Crippen LogP contribution in [-0.2, 0) is 4.79 Å². The fourth-order valence-corrected chi connectivity index (χ4v) is 2.91. The van der Waals surface area contributed by atoms with E-state index < -0.39 is 11.9 Å². The quantitative estimate of drug-likeness (QED) is 0.871. The van der Waals surface area contributed by atoms with Gasteiger partial charge in [0.1, 0.15) is 5.75 Å². The van der Waals surface area contributed by atoms with Crippen molar-refractivity contribution in [1.82, 2.24) is 4.90 Å². The number of anilines is 1. The number of rotatable bonds is 3. The Bertz CT molecular complexity index is 875. The highest BCUT2D eigenvalue weighted by atomic mass is 16.5. The number of ketones is 1. The molecule has 2 aromatic carbocycles. The summed E-state index contributed by atoms with van der Waals surface area (Å²) in [6.45, 7) is 1.82. The van der Waals surface area contributed by atoms with Crippen LogP contribution in [-0.4, -0.2) is 42.7 Å². The van der Waals surface area contributed by atoms with Gasteiger partial charge in [-0.05, 0) is 36.8 Å². The first-order chi connectivity index (χ1) is 11.9. The largest absolute Gasteiger partial charge is 0.497 e. The third-order valence-corrected chi connectivity index (χ3v) is 4.32. The number of nitrogens with one attached hydrogen (secondary N) is 1. The number of fused-ring (bicyclic) bond motifs is 1. The normalized spacial score (nSPS) is 16.4. The summed E-state index contributed by atoms with van der Waals surface area (Å²) in [5, 5.41) is 2.73. The van der Waals surface area contributed by atoms with Crippen LogP contribution in [0.25, 0.3) is 0 Å². The van der Waals surface area contributed by atoms with Gasteiger partial charge >= 0.3 is 0 Å². The zero-order valence-electron chi connectivity index (χ0n) is 14.2. The average Bonchev–Trinajstić information content (AvgIpc) is 2.61. The van der Waals surface area contributed by atoms with Gasteiger partial charge in [0, 0.05) is 18.3 Å². The summed E-state index contributed by atoms with van der Waals surface area (Å²) in [6, 6.07) is 10.5. The third kappa shape index (κ3) is 2.87. The third-order valence-electron chi connectivity index (χ3n) is 4.32. The highest BCUT2D eigenvalue weighted by Gasteiger charge is 2.41. The lowest BCUT2D eigenvalue weighted by atomic mass is 9.92. The topological polar surface area (TPSA) is 75.7 Å². The molecule has 2 amide bonds. The lowest BCUT2D eigenvalue weighted by Gasteiger charge is -2.31. The maximum absolute atomic E-state index is 12.7. The fraction of sp³-hybridized carbons (Fsp3) is 0.211. The summed E-state index contributed by atoms with van der Waals surface area (Å²) < 4.78 is 5.14. The van der Waals surface area contributed by atoms with Gasteiger partial charge in [-0.1, -0.05) is 18.2 Å². The van der Waals surface area contributed by atoms with E-state index in [0.717, 1.165) is 5.56 Å². The zero-order chi connectivity index (χ0) is 18.1. The molecule has 6 nitrogen and oxygen atoms in total. The molecule has 0 fully saturated rings. The van der Waals surface area contributed by atoms with Crippen LogP contribution < -0.4 is 10.1 Å². The van der Waals surface area contributed by atoms with E-state index >= 15 is 0 Å². The van der Waals surface area contributed by atoms with Crippen LogP contribution in [0.4, 0.5) is 5.69 Å². The first-order valence-electron chi connectivity index (χ1n) is 7.80. The Labute approximate surface area is 145 Å². The van der Waals surface area contributed by atoms with E-state index in [1.54, 1.807) is 49.6 Å². The first-order valence-corrected chi connectivity index (χ1v) is 7.80. The van der Waals surface area contributed by atoms with Crippen molar-refractivity contribution in [2.45, 2.75) is 13.0 Å². The van der Waals surface area contributed by atoms with Crippen LogP contribution >= 0.6 is 0 Å². The number of methoxy groups -OCH3 is 1. The van der Waals surface area contributed by atoms with Crippen LogP contribution in [0.2, 0.25) is 0 Å². The molecule has 0 bridgehead atoms. The average molecular weight is 338 g/mol. The smallest absolute Gasteiger partial charge is 0.255 e. The molecule has 1 aliphatic rings. The molecule has 0 radical (unpaired) electrons. The number of benzene rings is 2. The summed E-state index contributed by atoms with van der Waals surface area (Å²) in [4.78, 5) is 39.0. The van der Waals surface area contributed by atoms with Crippen molar-refractivity contribution in [2.24, 2.45) is 0 Å². The molecular formula is C19H18N2O4. The lowest BCUT2D eigenvalue weighted by molar-refractivity contribution is -0.118. The minimum Gasteiger partial charge on any atom is -0.497 e. The van der Waals surface area contributed by atoms with Gasteiger partial charge in [-0.25, -0.2) is 0 Å². The van der Waals surface area contributed by atoms with E-state index in [0.29, 0.717) is 17.0 Å². The Hall–Kier alpha value is -3.15. The fourth-order valence-electron chi connectivity index (χ4n) is 2.91. The second-order valence-electron chi connectivity index (χ2n) is 5.90. The number of nitrogens with zero attached hydrogens (tertiary/aromatic N) is 1. The molecule has 6 heteroatoms. The Morgan fingerprint density at radius 3 is 2.44 bits per heavy atom. The lowest BCUT2D eigenvalue weighted by Crippen LogP contribution is -2.53. The minimum absolute atomic E-state index is 0.275. The van der Waals surface area contributed by atoms with Crippen molar-refractivity contribution in [3.8, 4) is 5.75 Å². The second-order valence-corrected chi connectivity index (χ2v) is 5.90. The number of hydrogen-bond donors (Lipinski definition) is 1. The van der Waals surface area contributed by atoms with Gasteiger partial charge < -0.3 is 15.0 Å². The number of carbonyl (C=O) groups excluding carboxylic acids is 3. The maximum Gasteiger partial charge on any atom is 0.255 e. The molecule has 0 spiro atoms. The van der Waals surface area contributed by atoms with Gasteiger partial charge in [0.15, 0.2) is 11.8 Å². The Balaban J connectivity index is 1.90. The van der Waals surface area contributed by atoms with Crippen molar-refractivity contribution >= 4 is 23.3 Å². The highest BCUT2D eigenvalue weighted by Crippen LogP contribution is 2.25. The maximum atomic E-state index is 12.7. The van der Waals surface area contributed by atoms with E-state index in [-0.39, 0.29) is 17.3 Å². The Kier molecular flexibility index (Phi) is 4.27. The SMILES string of the molecule is COc1ccc(NC(=O)C2C(=O)c3ccccc3C(=O)N2C)c(C)c1. The molecule has 0 saturated carbocycles. The van der Waals surface area contributed by atoms with E-state index in [1.165, 1.54) is 11.9 Å². The Morgan fingerprint density at radius 1 is 1.12 bits per heavy atom. The van der Waals surface area contributed by atoms with Gasteiger partial charge in [-0.15, -0.1) is 0 Å². The van der Waals surface area contributed by atoms with E-state index in [9.17, 15) is 14.4 Å². The minimum atomic E-state index is -1.19. The molecule has 1 unspecified atom stereocenters. The molecule has 0 saturated heterocycles. The zero-order valence-corrected chi connectivity index (χ0v) is 14.2. The summed E-state index contributed by atoms with van der Waals surface area (Å²) in [7, 11) is 3.02. The summed E-state index contributed by atoms with van der Waals surface area (Å²) in [6.07, 6.45) is 0. The Morgan fingerprint density at radius 2 is 1.80 bits per heavy atom. The highest BCUT2D eigenvalue weighted by molar-refractivity contribution is 6.24. The molecule has 3 rings (SSSR count). The number of ether oxygens (including phenoxy) is 1. The van der Waals surface area contributed by atoms with Gasteiger partial charge in [0.2, 0.25) is 0 Å². The van der Waals surface area contributed by atoms with E-state index in [4.69, 9.17) is 4.74 Å². The number of carbonyl (C=O) groups is 3. The summed E-state index contributed by atoms with van der Waals surface area (Å²) in [5.74, 6) is -0.600. The number of likely N-dealkylation sites (N-methyl/N-ethyl adjacent to an activating group) is 1.